The van der Waals surface area contributed by atoms with Gasteiger partial charge in [0.05, 0.1) is 25.5 Å². The number of hydrogen-bond acceptors (Lipinski definition) is 8. The van der Waals surface area contributed by atoms with Gasteiger partial charge in [-0.3, -0.25) is 0 Å². The van der Waals surface area contributed by atoms with Crippen LogP contribution in [0.15, 0.2) is 18.5 Å². The van der Waals surface area contributed by atoms with E-state index in [2.05, 4.69) is 30.7 Å². The Bertz CT molecular complexity index is 1070. The number of imidazole rings is 1. The number of hydrogen-bond donors (Lipinski definition) is 3. The summed E-state index contributed by atoms with van der Waals surface area (Å²) >= 11 is 0. The Kier molecular flexibility index (Phi) is 5.24. The van der Waals surface area contributed by atoms with Gasteiger partial charge in [-0.15, -0.1) is 0 Å². The van der Waals surface area contributed by atoms with Crippen LogP contribution in [0.2, 0.25) is 0 Å². The first-order valence-electron chi connectivity index (χ1n) is 9.58. The average molecular weight is 419 g/mol. The number of nitrogens with one attached hydrogen (secondary N) is 2. The number of halogens is 2. The van der Waals surface area contributed by atoms with E-state index in [4.69, 9.17) is 4.74 Å². The van der Waals surface area contributed by atoms with E-state index in [-0.39, 0.29) is 23.0 Å². The lowest BCUT2D eigenvalue weighted by Gasteiger charge is -2.27. The third kappa shape index (κ3) is 3.77. The monoisotopic (exact) mass is 419 g/mol. The van der Waals surface area contributed by atoms with E-state index in [0.29, 0.717) is 30.9 Å². The SMILES string of the molecule is COc1cc2ncc(-c3nc(N[C@H]4CNCC[C@@H]4F)ncc3F)n2nc1C(C)(C)O. The number of methoxy groups -OCH3 is 1. The maximum Gasteiger partial charge on any atom is 0.223 e. The van der Waals surface area contributed by atoms with Gasteiger partial charge in [0.15, 0.2) is 11.5 Å². The van der Waals surface area contributed by atoms with Crippen molar-refractivity contribution in [2.45, 2.75) is 38.1 Å². The predicted octanol–water partition coefficient (Wildman–Crippen LogP) is 1.67. The van der Waals surface area contributed by atoms with Crippen LogP contribution in [0.5, 0.6) is 5.75 Å². The molecule has 11 heteroatoms. The largest absolute Gasteiger partial charge is 0.495 e. The lowest BCUT2D eigenvalue weighted by Crippen LogP contribution is -2.46. The topological polar surface area (TPSA) is 109 Å². The Morgan fingerprint density at radius 3 is 2.83 bits per heavy atom. The van der Waals surface area contributed by atoms with Crippen molar-refractivity contribution in [1.29, 1.82) is 0 Å². The molecule has 3 N–H and O–H groups in total. The van der Waals surface area contributed by atoms with Crippen LogP contribution in [0.4, 0.5) is 14.7 Å². The molecule has 9 nitrogen and oxygen atoms in total. The van der Waals surface area contributed by atoms with Crippen molar-refractivity contribution in [2.24, 2.45) is 0 Å². The molecular formula is C19H23F2N7O2. The minimum absolute atomic E-state index is 0.0430. The highest BCUT2D eigenvalue weighted by molar-refractivity contribution is 5.62. The summed E-state index contributed by atoms with van der Waals surface area (Å²) in [5.41, 5.74) is -0.429. The Morgan fingerprint density at radius 2 is 2.13 bits per heavy atom. The molecule has 0 aliphatic carbocycles. The Balaban J connectivity index is 1.76. The van der Waals surface area contributed by atoms with Crippen molar-refractivity contribution in [3.05, 3.63) is 30.0 Å². The second-order valence-corrected chi connectivity index (χ2v) is 7.68. The van der Waals surface area contributed by atoms with E-state index in [1.807, 2.05) is 0 Å². The molecule has 160 valence electrons. The van der Waals surface area contributed by atoms with Gasteiger partial charge in [-0.1, -0.05) is 0 Å². The number of aliphatic hydroxyl groups is 1. The zero-order chi connectivity index (χ0) is 21.5. The molecule has 0 saturated carbocycles. The summed E-state index contributed by atoms with van der Waals surface area (Å²) in [6.07, 6.45) is 1.77. The summed E-state index contributed by atoms with van der Waals surface area (Å²) < 4.78 is 35.4. The van der Waals surface area contributed by atoms with E-state index >= 15 is 0 Å². The van der Waals surface area contributed by atoms with Crippen molar-refractivity contribution in [1.82, 2.24) is 29.9 Å². The Labute approximate surface area is 171 Å². The Morgan fingerprint density at radius 1 is 1.33 bits per heavy atom. The molecular weight excluding hydrogens is 396 g/mol. The van der Waals surface area contributed by atoms with Gasteiger partial charge in [0, 0.05) is 12.6 Å². The number of nitrogens with zero attached hydrogens (tertiary/aromatic N) is 5. The quantitative estimate of drug-likeness (QED) is 0.573. The number of anilines is 1. The summed E-state index contributed by atoms with van der Waals surface area (Å²) in [4.78, 5) is 12.4. The van der Waals surface area contributed by atoms with Crippen LogP contribution in [0.3, 0.4) is 0 Å². The highest BCUT2D eigenvalue weighted by atomic mass is 19.1. The predicted molar refractivity (Wildman–Crippen MR) is 106 cm³/mol. The van der Waals surface area contributed by atoms with Crippen LogP contribution in [0.25, 0.3) is 17.0 Å². The lowest BCUT2D eigenvalue weighted by atomic mass is 10.0. The van der Waals surface area contributed by atoms with Crippen molar-refractivity contribution in [2.75, 3.05) is 25.5 Å². The fourth-order valence-corrected chi connectivity index (χ4v) is 3.39. The molecule has 3 aromatic rings. The van der Waals surface area contributed by atoms with Crippen LogP contribution in [0, 0.1) is 5.82 Å². The zero-order valence-electron chi connectivity index (χ0n) is 16.9. The van der Waals surface area contributed by atoms with Gasteiger partial charge < -0.3 is 20.5 Å². The number of aromatic nitrogens is 5. The highest BCUT2D eigenvalue weighted by Crippen LogP contribution is 2.30. The fraction of sp³-hybridized carbons (Fsp3) is 0.474. The summed E-state index contributed by atoms with van der Waals surface area (Å²) in [5.74, 6) is -0.214. The maximum absolute atomic E-state index is 14.6. The Hall–Kier alpha value is -2.92. The summed E-state index contributed by atoms with van der Waals surface area (Å²) in [5, 5.41) is 20.9. The summed E-state index contributed by atoms with van der Waals surface area (Å²) in [6.45, 7) is 4.16. The molecule has 0 aromatic carbocycles. The molecule has 0 spiro atoms. The van der Waals surface area contributed by atoms with E-state index in [0.717, 1.165) is 6.20 Å². The van der Waals surface area contributed by atoms with Crippen LogP contribution < -0.4 is 15.4 Å². The van der Waals surface area contributed by atoms with Gasteiger partial charge in [-0.05, 0) is 26.8 Å². The molecule has 0 unspecified atom stereocenters. The zero-order valence-corrected chi connectivity index (χ0v) is 16.9. The summed E-state index contributed by atoms with van der Waals surface area (Å²) in [6, 6.07) is 1.09. The van der Waals surface area contributed by atoms with E-state index in [1.165, 1.54) is 17.8 Å². The second-order valence-electron chi connectivity index (χ2n) is 7.68. The van der Waals surface area contributed by atoms with Crippen molar-refractivity contribution in [3.8, 4) is 17.1 Å². The highest BCUT2D eigenvalue weighted by Gasteiger charge is 2.27. The van der Waals surface area contributed by atoms with Gasteiger partial charge in [0.25, 0.3) is 0 Å². The number of rotatable bonds is 5. The molecule has 2 atom stereocenters. The van der Waals surface area contributed by atoms with E-state index in [9.17, 15) is 13.9 Å². The van der Waals surface area contributed by atoms with Crippen LogP contribution in [0.1, 0.15) is 26.0 Å². The molecule has 3 aromatic heterocycles. The third-order valence-corrected chi connectivity index (χ3v) is 4.96. The van der Waals surface area contributed by atoms with Gasteiger partial charge >= 0.3 is 0 Å². The van der Waals surface area contributed by atoms with Gasteiger partial charge in [0.1, 0.15) is 34.6 Å². The molecule has 0 amide bonds. The number of fused-ring (bicyclic) bond motifs is 1. The van der Waals surface area contributed by atoms with E-state index in [1.54, 1.807) is 19.9 Å². The van der Waals surface area contributed by atoms with Gasteiger partial charge in [-0.25, -0.2) is 28.2 Å². The maximum atomic E-state index is 14.6. The normalized spacial score (nSPS) is 19.8. The fourth-order valence-electron chi connectivity index (χ4n) is 3.39. The molecule has 4 rings (SSSR count). The molecule has 0 bridgehead atoms. The van der Waals surface area contributed by atoms with E-state index < -0.39 is 23.6 Å². The minimum atomic E-state index is -1.30. The minimum Gasteiger partial charge on any atom is -0.495 e. The third-order valence-electron chi connectivity index (χ3n) is 4.96. The first kappa shape index (κ1) is 20.4. The van der Waals surface area contributed by atoms with Crippen LogP contribution in [-0.4, -0.2) is 62.1 Å². The first-order chi connectivity index (χ1) is 14.3. The standard InChI is InChI=1S/C19H23F2N7O2/c1-19(2,29)17-14(30-3)6-15-23-9-13(28(15)27-17)16-11(21)7-24-18(26-16)25-12-8-22-5-4-10(12)20/h6-7,9-10,12,22,29H,4-5,8H2,1-3H3,(H,24,25,26)/t10-,12-/m0/s1. The van der Waals surface area contributed by atoms with Crippen LogP contribution in [-0.2, 0) is 5.60 Å². The van der Waals surface area contributed by atoms with Crippen molar-refractivity contribution in [3.63, 3.8) is 0 Å². The molecule has 0 radical (unpaired) electrons. The van der Waals surface area contributed by atoms with Gasteiger partial charge in [0.2, 0.25) is 5.95 Å². The number of piperidine rings is 1. The van der Waals surface area contributed by atoms with Crippen molar-refractivity contribution >= 4 is 11.6 Å². The summed E-state index contributed by atoms with van der Waals surface area (Å²) in [7, 11) is 1.47. The van der Waals surface area contributed by atoms with Gasteiger partial charge in [-0.2, -0.15) is 5.10 Å². The second kappa shape index (κ2) is 7.73. The van der Waals surface area contributed by atoms with Crippen LogP contribution >= 0.6 is 0 Å². The number of ether oxygens (including phenoxy) is 1. The smallest absolute Gasteiger partial charge is 0.223 e. The molecule has 1 saturated heterocycles. The first-order valence-corrected chi connectivity index (χ1v) is 9.58. The molecule has 30 heavy (non-hydrogen) atoms. The van der Waals surface area contributed by atoms with Crippen molar-refractivity contribution < 1.29 is 18.6 Å². The molecule has 1 aliphatic rings. The average Bonchev–Trinajstić information content (AvgIpc) is 3.12. The molecule has 1 fully saturated rings. The molecule has 4 heterocycles. The number of alkyl halides is 1. The molecule has 1 aliphatic heterocycles. The lowest BCUT2D eigenvalue weighted by molar-refractivity contribution is 0.0694.